The van der Waals surface area contributed by atoms with Crippen LogP contribution in [0.5, 0.6) is 0 Å². The quantitative estimate of drug-likeness (QED) is 0.370. The van der Waals surface area contributed by atoms with Crippen LogP contribution in [0.15, 0.2) is 12.2 Å². The van der Waals surface area contributed by atoms with Crippen molar-refractivity contribution >= 4 is 11.9 Å². The van der Waals surface area contributed by atoms with Crippen molar-refractivity contribution in [2.24, 2.45) is 11.3 Å². The number of carbonyl (C=O) groups is 2. The van der Waals surface area contributed by atoms with Gasteiger partial charge in [-0.15, -0.1) is 0 Å². The van der Waals surface area contributed by atoms with E-state index in [2.05, 4.69) is 11.3 Å². The van der Waals surface area contributed by atoms with Crippen LogP contribution in [0.1, 0.15) is 27.2 Å². The summed E-state index contributed by atoms with van der Waals surface area (Å²) in [6.45, 7) is 9.47. The first-order valence-electron chi connectivity index (χ1n) is 4.26. The second-order valence-electron chi connectivity index (χ2n) is 4.05. The summed E-state index contributed by atoms with van der Waals surface area (Å²) >= 11 is 0. The van der Waals surface area contributed by atoms with Gasteiger partial charge in [0.15, 0.2) is 0 Å². The molecule has 1 atom stereocenters. The average molecular weight is 182 g/mol. The van der Waals surface area contributed by atoms with E-state index < -0.39 is 11.9 Å². The van der Waals surface area contributed by atoms with Gasteiger partial charge in [0.05, 0.1) is 12.3 Å². The van der Waals surface area contributed by atoms with Gasteiger partial charge in [-0.05, 0) is 12.3 Å². The van der Waals surface area contributed by atoms with Gasteiger partial charge in [-0.25, -0.2) is 0 Å². The van der Waals surface area contributed by atoms with Crippen molar-refractivity contribution < 1.29 is 14.3 Å². The van der Waals surface area contributed by atoms with E-state index in [0.29, 0.717) is 0 Å². The van der Waals surface area contributed by atoms with Crippen molar-refractivity contribution in [1.29, 1.82) is 0 Å². The predicted molar refractivity (Wildman–Crippen MR) is 47.8 cm³/mol. The minimum Gasteiger partial charge on any atom is -0.393 e. The number of carbonyl (C=O) groups excluding carboxylic acids is 2. The van der Waals surface area contributed by atoms with Crippen molar-refractivity contribution in [3.8, 4) is 0 Å². The minimum absolute atomic E-state index is 0.179. The number of hydrogen-bond donors (Lipinski definition) is 0. The number of cyclic esters (lactones) is 2. The smallest absolute Gasteiger partial charge is 0.318 e. The van der Waals surface area contributed by atoms with Gasteiger partial charge >= 0.3 is 11.9 Å². The highest BCUT2D eigenvalue weighted by Gasteiger charge is 2.44. The van der Waals surface area contributed by atoms with E-state index in [1.54, 1.807) is 0 Å². The van der Waals surface area contributed by atoms with Gasteiger partial charge < -0.3 is 4.74 Å². The Hall–Kier alpha value is -1.12. The summed E-state index contributed by atoms with van der Waals surface area (Å²) in [4.78, 5) is 22.1. The van der Waals surface area contributed by atoms with Crippen molar-refractivity contribution in [2.45, 2.75) is 27.2 Å². The van der Waals surface area contributed by atoms with Crippen LogP contribution in [-0.4, -0.2) is 11.9 Å². The summed E-state index contributed by atoms with van der Waals surface area (Å²) in [7, 11) is 0. The largest absolute Gasteiger partial charge is 0.393 e. The Morgan fingerprint density at radius 1 is 1.54 bits per heavy atom. The third kappa shape index (κ3) is 1.64. The summed E-state index contributed by atoms with van der Waals surface area (Å²) < 4.78 is 4.49. The first-order valence-corrected chi connectivity index (χ1v) is 4.26. The summed E-state index contributed by atoms with van der Waals surface area (Å²) in [5, 5.41) is 0. The molecule has 0 radical (unpaired) electrons. The lowest BCUT2D eigenvalue weighted by molar-refractivity contribution is -0.153. The molecule has 1 fully saturated rings. The standard InChI is InChI=1S/C10H14O3/c1-6(2)10(3,4)7-5-8(11)13-9(7)12/h7H,1,5H2,2-4H3. The van der Waals surface area contributed by atoms with Gasteiger partial charge in [-0.2, -0.15) is 0 Å². The number of ether oxygens (including phenoxy) is 1. The Morgan fingerprint density at radius 3 is 2.38 bits per heavy atom. The fourth-order valence-corrected chi connectivity index (χ4v) is 1.32. The second kappa shape index (κ2) is 2.98. The van der Waals surface area contributed by atoms with Crippen LogP contribution in [0.3, 0.4) is 0 Å². The van der Waals surface area contributed by atoms with Gasteiger partial charge in [-0.3, -0.25) is 9.59 Å². The van der Waals surface area contributed by atoms with E-state index in [4.69, 9.17) is 0 Å². The molecular formula is C10H14O3. The Kier molecular flexibility index (Phi) is 2.28. The van der Waals surface area contributed by atoms with Gasteiger partial charge in [0.1, 0.15) is 0 Å². The molecule has 0 spiro atoms. The zero-order chi connectivity index (χ0) is 10.2. The molecule has 0 bridgehead atoms. The molecular weight excluding hydrogens is 168 g/mol. The van der Waals surface area contributed by atoms with E-state index in [1.165, 1.54) is 0 Å². The highest BCUT2D eigenvalue weighted by Crippen LogP contribution is 2.39. The zero-order valence-electron chi connectivity index (χ0n) is 8.22. The maximum absolute atomic E-state index is 11.3. The van der Waals surface area contributed by atoms with E-state index in [0.717, 1.165) is 5.57 Å². The molecule has 72 valence electrons. The fraction of sp³-hybridized carbons (Fsp3) is 0.600. The van der Waals surface area contributed by atoms with Crippen molar-refractivity contribution in [3.63, 3.8) is 0 Å². The molecule has 3 heteroatoms. The maximum atomic E-state index is 11.3. The lowest BCUT2D eigenvalue weighted by Gasteiger charge is -2.28. The van der Waals surface area contributed by atoms with Crippen LogP contribution < -0.4 is 0 Å². The normalized spacial score (nSPS) is 23.2. The van der Waals surface area contributed by atoms with Crippen LogP contribution in [-0.2, 0) is 14.3 Å². The first kappa shape index (κ1) is 9.96. The first-order chi connectivity index (χ1) is 5.85. The average Bonchev–Trinajstić information content (AvgIpc) is 2.30. The summed E-state index contributed by atoms with van der Waals surface area (Å²) in [5.74, 6) is -1.21. The Morgan fingerprint density at radius 2 is 2.08 bits per heavy atom. The summed E-state index contributed by atoms with van der Waals surface area (Å²) in [5.41, 5.74) is 0.535. The Balaban J connectivity index is 2.89. The number of allylic oxidation sites excluding steroid dienone is 1. The SMILES string of the molecule is C=C(C)C(C)(C)C1CC(=O)OC1=O. The molecule has 1 unspecified atom stereocenters. The molecule has 3 nitrogen and oxygen atoms in total. The second-order valence-corrected chi connectivity index (χ2v) is 4.05. The molecule has 0 aliphatic carbocycles. The van der Waals surface area contributed by atoms with Crippen LogP contribution in [0.25, 0.3) is 0 Å². The molecule has 0 amide bonds. The van der Waals surface area contributed by atoms with Crippen molar-refractivity contribution in [3.05, 3.63) is 12.2 Å². The van der Waals surface area contributed by atoms with Gasteiger partial charge in [0.25, 0.3) is 0 Å². The molecule has 0 aromatic carbocycles. The summed E-state index contributed by atoms with van der Waals surface area (Å²) in [6.07, 6.45) is 0.179. The highest BCUT2D eigenvalue weighted by molar-refractivity contribution is 5.95. The van der Waals surface area contributed by atoms with Crippen LogP contribution in [0, 0.1) is 11.3 Å². The number of hydrogen-bond acceptors (Lipinski definition) is 3. The van der Waals surface area contributed by atoms with E-state index in [1.807, 2.05) is 20.8 Å². The Labute approximate surface area is 77.8 Å². The molecule has 1 heterocycles. The third-order valence-electron chi connectivity index (χ3n) is 2.84. The number of esters is 2. The van der Waals surface area contributed by atoms with Crippen LogP contribution >= 0.6 is 0 Å². The number of rotatable bonds is 2. The molecule has 1 aliphatic rings. The molecule has 1 saturated heterocycles. The minimum atomic E-state index is -0.427. The molecule has 0 saturated carbocycles. The summed E-state index contributed by atoms with van der Waals surface area (Å²) in [6, 6.07) is 0. The molecule has 0 aromatic rings. The third-order valence-corrected chi connectivity index (χ3v) is 2.84. The van der Waals surface area contributed by atoms with E-state index in [-0.39, 0.29) is 17.8 Å². The monoisotopic (exact) mass is 182 g/mol. The van der Waals surface area contributed by atoms with Crippen LogP contribution in [0.2, 0.25) is 0 Å². The zero-order valence-corrected chi connectivity index (χ0v) is 8.22. The van der Waals surface area contributed by atoms with Crippen molar-refractivity contribution in [2.75, 3.05) is 0 Å². The van der Waals surface area contributed by atoms with Crippen molar-refractivity contribution in [1.82, 2.24) is 0 Å². The van der Waals surface area contributed by atoms with Gasteiger partial charge in [0, 0.05) is 0 Å². The maximum Gasteiger partial charge on any atom is 0.318 e. The Bertz CT molecular complexity index is 276. The molecule has 0 N–H and O–H groups in total. The highest BCUT2D eigenvalue weighted by atomic mass is 16.6. The fourth-order valence-electron chi connectivity index (χ4n) is 1.32. The van der Waals surface area contributed by atoms with Gasteiger partial charge in [-0.1, -0.05) is 26.0 Å². The topological polar surface area (TPSA) is 43.4 Å². The molecule has 13 heavy (non-hydrogen) atoms. The molecule has 1 aliphatic heterocycles. The molecule has 0 aromatic heterocycles. The lowest BCUT2D eigenvalue weighted by atomic mass is 9.73. The predicted octanol–water partition coefficient (Wildman–Crippen LogP) is 1.68. The van der Waals surface area contributed by atoms with Crippen LogP contribution in [0.4, 0.5) is 0 Å². The molecule has 1 rings (SSSR count). The lowest BCUT2D eigenvalue weighted by Crippen LogP contribution is -2.28. The van der Waals surface area contributed by atoms with E-state index in [9.17, 15) is 9.59 Å². The van der Waals surface area contributed by atoms with Gasteiger partial charge in [0.2, 0.25) is 0 Å². The van der Waals surface area contributed by atoms with E-state index >= 15 is 0 Å².